The van der Waals surface area contributed by atoms with Crippen molar-refractivity contribution in [1.29, 1.82) is 0 Å². The highest BCUT2D eigenvalue weighted by atomic mass is 35.5. The number of rotatable bonds is 6. The van der Waals surface area contributed by atoms with Crippen molar-refractivity contribution < 1.29 is 9.53 Å². The predicted molar refractivity (Wildman–Crippen MR) is 121 cm³/mol. The van der Waals surface area contributed by atoms with Gasteiger partial charge < -0.3 is 9.64 Å². The molecule has 1 saturated heterocycles. The van der Waals surface area contributed by atoms with Gasteiger partial charge in [-0.2, -0.15) is 5.10 Å². The van der Waals surface area contributed by atoms with Crippen LogP contribution < -0.4 is 4.74 Å². The third kappa shape index (κ3) is 5.46. The number of amides is 1. The van der Waals surface area contributed by atoms with E-state index in [-0.39, 0.29) is 5.91 Å². The summed E-state index contributed by atoms with van der Waals surface area (Å²) in [6, 6.07) is 13.3. The van der Waals surface area contributed by atoms with Crippen LogP contribution in [-0.4, -0.2) is 51.7 Å². The van der Waals surface area contributed by atoms with Crippen molar-refractivity contribution in [1.82, 2.24) is 19.6 Å². The molecule has 6 nitrogen and oxygen atoms in total. The third-order valence-electron chi connectivity index (χ3n) is 5.53. The molecule has 3 aromatic rings. The smallest absolute Gasteiger partial charge is 0.253 e. The van der Waals surface area contributed by atoms with E-state index in [1.807, 2.05) is 78.4 Å². The van der Waals surface area contributed by atoms with Gasteiger partial charge in [0.05, 0.1) is 6.20 Å². The molecule has 1 fully saturated rings. The standard InChI is InChI=1S/C24H27ClN4O2/c1-18-12-22(25)6-7-23(18)31-17-19-4-3-5-21(13-19)24(30)29-10-8-28(9-11-29)16-20-14-26-27(2)15-20/h3-7,12-15H,8-11,16-17H2,1-2H3. The molecule has 0 aliphatic carbocycles. The molecule has 0 unspecified atom stereocenters. The molecular weight excluding hydrogens is 412 g/mol. The fraction of sp³-hybridized carbons (Fsp3) is 0.333. The Kier molecular flexibility index (Phi) is 6.59. The number of carbonyl (C=O) groups excluding carboxylic acids is 1. The Bertz CT molecular complexity index is 1060. The summed E-state index contributed by atoms with van der Waals surface area (Å²) >= 11 is 6.01. The number of ether oxygens (including phenoxy) is 1. The van der Waals surface area contributed by atoms with Gasteiger partial charge in [-0.05, 0) is 48.4 Å². The minimum Gasteiger partial charge on any atom is -0.489 e. The number of carbonyl (C=O) groups is 1. The molecule has 1 aliphatic rings. The van der Waals surface area contributed by atoms with Crippen LogP contribution in [0.25, 0.3) is 0 Å². The van der Waals surface area contributed by atoms with Crippen LogP contribution in [0.4, 0.5) is 0 Å². The van der Waals surface area contributed by atoms with Crippen molar-refractivity contribution in [2.75, 3.05) is 26.2 Å². The van der Waals surface area contributed by atoms with Crippen molar-refractivity contribution in [3.8, 4) is 5.75 Å². The first kappa shape index (κ1) is 21.4. The van der Waals surface area contributed by atoms with Crippen LogP contribution in [0.2, 0.25) is 5.02 Å². The van der Waals surface area contributed by atoms with Gasteiger partial charge in [0.1, 0.15) is 12.4 Å². The molecule has 162 valence electrons. The average molecular weight is 439 g/mol. The summed E-state index contributed by atoms with van der Waals surface area (Å²) in [5, 5.41) is 4.92. The van der Waals surface area contributed by atoms with E-state index >= 15 is 0 Å². The fourth-order valence-electron chi connectivity index (χ4n) is 3.83. The predicted octanol–water partition coefficient (Wildman–Crippen LogP) is 3.92. The van der Waals surface area contributed by atoms with Gasteiger partial charge >= 0.3 is 0 Å². The Morgan fingerprint density at radius 1 is 1.10 bits per heavy atom. The number of halogens is 1. The van der Waals surface area contributed by atoms with Crippen LogP contribution in [0.3, 0.4) is 0 Å². The van der Waals surface area contributed by atoms with Gasteiger partial charge in [-0.3, -0.25) is 14.4 Å². The lowest BCUT2D eigenvalue weighted by Gasteiger charge is -2.34. The fourth-order valence-corrected chi connectivity index (χ4v) is 4.06. The highest BCUT2D eigenvalue weighted by Crippen LogP contribution is 2.23. The molecule has 2 aromatic carbocycles. The van der Waals surface area contributed by atoms with E-state index in [1.54, 1.807) is 0 Å². The van der Waals surface area contributed by atoms with E-state index in [0.717, 1.165) is 49.6 Å². The zero-order valence-electron chi connectivity index (χ0n) is 17.9. The number of aryl methyl sites for hydroxylation is 2. The third-order valence-corrected chi connectivity index (χ3v) is 5.76. The minimum absolute atomic E-state index is 0.0746. The first-order valence-corrected chi connectivity index (χ1v) is 10.8. The second-order valence-corrected chi connectivity index (χ2v) is 8.43. The van der Waals surface area contributed by atoms with E-state index in [4.69, 9.17) is 16.3 Å². The lowest BCUT2D eigenvalue weighted by Crippen LogP contribution is -2.48. The molecule has 1 aliphatic heterocycles. The van der Waals surface area contributed by atoms with E-state index in [9.17, 15) is 4.79 Å². The molecular formula is C24H27ClN4O2. The number of aromatic nitrogens is 2. The van der Waals surface area contributed by atoms with Crippen LogP contribution in [0, 0.1) is 6.92 Å². The number of hydrogen-bond acceptors (Lipinski definition) is 4. The molecule has 0 atom stereocenters. The van der Waals surface area contributed by atoms with E-state index in [0.29, 0.717) is 17.2 Å². The van der Waals surface area contributed by atoms with Crippen LogP contribution in [-0.2, 0) is 20.2 Å². The van der Waals surface area contributed by atoms with Crippen molar-refractivity contribution in [3.05, 3.63) is 82.1 Å². The molecule has 0 saturated carbocycles. The minimum atomic E-state index is 0.0746. The van der Waals surface area contributed by atoms with Gasteiger partial charge in [-0.15, -0.1) is 0 Å². The molecule has 1 amide bonds. The van der Waals surface area contributed by atoms with Gasteiger partial charge in [0.15, 0.2) is 0 Å². The van der Waals surface area contributed by atoms with Gasteiger partial charge in [0.2, 0.25) is 0 Å². The van der Waals surface area contributed by atoms with E-state index < -0.39 is 0 Å². The molecule has 0 N–H and O–H groups in total. The van der Waals surface area contributed by atoms with Crippen LogP contribution >= 0.6 is 11.6 Å². The van der Waals surface area contributed by atoms with E-state index in [2.05, 4.69) is 10.00 Å². The lowest BCUT2D eigenvalue weighted by atomic mass is 10.1. The zero-order chi connectivity index (χ0) is 21.8. The molecule has 7 heteroatoms. The van der Waals surface area contributed by atoms with Crippen LogP contribution in [0.5, 0.6) is 5.75 Å². The first-order chi connectivity index (χ1) is 15.0. The maximum atomic E-state index is 13.0. The first-order valence-electron chi connectivity index (χ1n) is 10.4. The van der Waals surface area contributed by atoms with Crippen LogP contribution in [0.15, 0.2) is 54.9 Å². The number of nitrogens with zero attached hydrogens (tertiary/aromatic N) is 4. The van der Waals surface area contributed by atoms with Crippen molar-refractivity contribution in [3.63, 3.8) is 0 Å². The maximum Gasteiger partial charge on any atom is 0.253 e. The Labute approximate surface area is 188 Å². The highest BCUT2D eigenvalue weighted by Gasteiger charge is 2.22. The van der Waals surface area contributed by atoms with Crippen molar-refractivity contribution >= 4 is 17.5 Å². The summed E-state index contributed by atoms with van der Waals surface area (Å²) in [4.78, 5) is 17.3. The summed E-state index contributed by atoms with van der Waals surface area (Å²) in [5.74, 6) is 0.872. The SMILES string of the molecule is Cc1cc(Cl)ccc1OCc1cccc(C(=O)N2CCN(Cc3cnn(C)c3)CC2)c1. The summed E-state index contributed by atoms with van der Waals surface area (Å²) in [7, 11) is 1.93. The maximum absolute atomic E-state index is 13.0. The summed E-state index contributed by atoms with van der Waals surface area (Å²) < 4.78 is 7.75. The topological polar surface area (TPSA) is 50.6 Å². The molecule has 1 aromatic heterocycles. The Hall–Kier alpha value is -2.83. The normalized spacial score (nSPS) is 14.6. The Morgan fingerprint density at radius 3 is 2.61 bits per heavy atom. The second kappa shape index (κ2) is 9.54. The monoisotopic (exact) mass is 438 g/mol. The highest BCUT2D eigenvalue weighted by molar-refractivity contribution is 6.30. The zero-order valence-corrected chi connectivity index (χ0v) is 18.7. The largest absolute Gasteiger partial charge is 0.489 e. The Balaban J connectivity index is 1.32. The van der Waals surface area contributed by atoms with Crippen molar-refractivity contribution in [2.45, 2.75) is 20.1 Å². The van der Waals surface area contributed by atoms with Gasteiger partial charge in [0.25, 0.3) is 5.91 Å². The molecule has 0 bridgehead atoms. The lowest BCUT2D eigenvalue weighted by molar-refractivity contribution is 0.0628. The van der Waals surface area contributed by atoms with Gasteiger partial charge in [-0.25, -0.2) is 0 Å². The average Bonchev–Trinajstić information content (AvgIpc) is 3.18. The van der Waals surface area contributed by atoms with Crippen molar-refractivity contribution in [2.24, 2.45) is 7.05 Å². The summed E-state index contributed by atoms with van der Waals surface area (Å²) in [6.07, 6.45) is 3.94. The number of hydrogen-bond donors (Lipinski definition) is 0. The number of piperazine rings is 1. The quantitative estimate of drug-likeness (QED) is 0.585. The van der Waals surface area contributed by atoms with E-state index in [1.165, 1.54) is 5.56 Å². The summed E-state index contributed by atoms with van der Waals surface area (Å²) in [5.41, 5.74) is 3.86. The molecule has 31 heavy (non-hydrogen) atoms. The number of benzene rings is 2. The Morgan fingerprint density at radius 2 is 1.90 bits per heavy atom. The van der Waals surface area contributed by atoms with Crippen LogP contribution in [0.1, 0.15) is 27.0 Å². The second-order valence-electron chi connectivity index (χ2n) is 7.99. The molecule has 0 radical (unpaired) electrons. The van der Waals surface area contributed by atoms with Gasteiger partial charge in [0, 0.05) is 62.1 Å². The molecule has 2 heterocycles. The molecule has 0 spiro atoms. The molecule has 4 rings (SSSR count). The van der Waals surface area contributed by atoms with Gasteiger partial charge in [-0.1, -0.05) is 23.7 Å². The summed E-state index contributed by atoms with van der Waals surface area (Å²) in [6.45, 7) is 6.41.